The van der Waals surface area contributed by atoms with Gasteiger partial charge in [0, 0.05) is 48.5 Å². The van der Waals surface area contributed by atoms with Crippen LogP contribution in [-0.2, 0) is 12.8 Å². The fourth-order valence-electron chi connectivity index (χ4n) is 4.52. The van der Waals surface area contributed by atoms with Crippen LogP contribution in [0.3, 0.4) is 0 Å². The second-order valence-electron chi connectivity index (χ2n) is 8.26. The first-order chi connectivity index (χ1) is 14.7. The Labute approximate surface area is 187 Å². The van der Waals surface area contributed by atoms with E-state index in [0.717, 1.165) is 87.1 Å². The van der Waals surface area contributed by atoms with Gasteiger partial charge in [-0.25, -0.2) is 4.68 Å². The molecule has 1 amide bonds. The SMILES string of the molecule is CCN1CCN(CCCNC(=O)c2nn(-c3cccc(Br)c3)c3c2CCCC3)CC1. The highest BCUT2D eigenvalue weighted by Gasteiger charge is 2.25. The number of nitrogens with one attached hydrogen (secondary N) is 1. The highest BCUT2D eigenvalue weighted by atomic mass is 79.9. The van der Waals surface area contributed by atoms with E-state index in [1.54, 1.807) is 0 Å². The molecular formula is C23H32BrN5O. The minimum absolute atomic E-state index is 0.0299. The molecule has 0 spiro atoms. The van der Waals surface area contributed by atoms with Gasteiger partial charge in [-0.15, -0.1) is 0 Å². The summed E-state index contributed by atoms with van der Waals surface area (Å²) >= 11 is 3.55. The molecule has 0 bridgehead atoms. The van der Waals surface area contributed by atoms with Gasteiger partial charge in [0.1, 0.15) is 0 Å². The van der Waals surface area contributed by atoms with Gasteiger partial charge in [0.05, 0.1) is 5.69 Å². The van der Waals surface area contributed by atoms with Crippen molar-refractivity contribution in [1.29, 1.82) is 0 Å². The first kappa shape index (κ1) is 21.5. The number of carbonyl (C=O) groups excluding carboxylic acids is 1. The predicted molar refractivity (Wildman–Crippen MR) is 123 cm³/mol. The van der Waals surface area contributed by atoms with E-state index in [9.17, 15) is 4.79 Å². The van der Waals surface area contributed by atoms with Gasteiger partial charge in [-0.3, -0.25) is 4.79 Å². The number of fused-ring (bicyclic) bond motifs is 1. The number of rotatable bonds is 7. The maximum atomic E-state index is 12.9. The number of hydrogen-bond donors (Lipinski definition) is 1. The van der Waals surface area contributed by atoms with E-state index in [-0.39, 0.29) is 5.91 Å². The Morgan fingerprint density at radius 3 is 2.67 bits per heavy atom. The minimum atomic E-state index is -0.0299. The molecule has 1 aromatic carbocycles. The summed E-state index contributed by atoms with van der Waals surface area (Å²) in [6.45, 7) is 9.68. The maximum absolute atomic E-state index is 12.9. The highest BCUT2D eigenvalue weighted by molar-refractivity contribution is 9.10. The highest BCUT2D eigenvalue weighted by Crippen LogP contribution is 2.27. The van der Waals surface area contributed by atoms with Crippen molar-refractivity contribution >= 4 is 21.8 Å². The van der Waals surface area contributed by atoms with E-state index >= 15 is 0 Å². The summed E-state index contributed by atoms with van der Waals surface area (Å²) in [4.78, 5) is 17.9. The number of piperazine rings is 1. The molecule has 2 aliphatic rings. The normalized spacial score (nSPS) is 17.7. The monoisotopic (exact) mass is 473 g/mol. The van der Waals surface area contributed by atoms with Crippen LogP contribution in [0.4, 0.5) is 0 Å². The molecule has 1 aliphatic heterocycles. The summed E-state index contributed by atoms with van der Waals surface area (Å²) in [7, 11) is 0. The molecule has 6 nitrogen and oxygen atoms in total. The zero-order valence-corrected chi connectivity index (χ0v) is 19.5. The lowest BCUT2D eigenvalue weighted by Gasteiger charge is -2.33. The number of amides is 1. The molecule has 30 heavy (non-hydrogen) atoms. The van der Waals surface area contributed by atoms with Crippen molar-refractivity contribution < 1.29 is 4.79 Å². The van der Waals surface area contributed by atoms with Crippen molar-refractivity contribution in [3.05, 3.63) is 45.7 Å². The van der Waals surface area contributed by atoms with Crippen LogP contribution in [0.1, 0.15) is 47.9 Å². The summed E-state index contributed by atoms with van der Waals surface area (Å²) in [5.74, 6) is -0.0299. The fraction of sp³-hybridized carbons (Fsp3) is 0.565. The summed E-state index contributed by atoms with van der Waals surface area (Å²) in [6, 6.07) is 8.13. The Bertz CT molecular complexity index is 872. The Morgan fingerprint density at radius 2 is 1.90 bits per heavy atom. The van der Waals surface area contributed by atoms with Crippen LogP contribution < -0.4 is 5.32 Å². The molecule has 2 aromatic rings. The van der Waals surface area contributed by atoms with Crippen LogP contribution in [0.2, 0.25) is 0 Å². The Morgan fingerprint density at radius 1 is 1.13 bits per heavy atom. The Balaban J connectivity index is 1.37. The van der Waals surface area contributed by atoms with Crippen molar-refractivity contribution in [2.45, 2.75) is 39.0 Å². The number of carbonyl (C=O) groups is 1. The average molecular weight is 474 g/mol. The number of aromatic nitrogens is 2. The quantitative estimate of drug-likeness (QED) is 0.626. The molecule has 1 N–H and O–H groups in total. The van der Waals surface area contributed by atoms with Gasteiger partial charge in [-0.2, -0.15) is 5.10 Å². The van der Waals surface area contributed by atoms with Gasteiger partial charge in [0.25, 0.3) is 5.91 Å². The molecule has 7 heteroatoms. The van der Waals surface area contributed by atoms with Crippen LogP contribution in [0.5, 0.6) is 0 Å². The van der Waals surface area contributed by atoms with Crippen molar-refractivity contribution in [2.75, 3.05) is 45.8 Å². The van der Waals surface area contributed by atoms with Crippen LogP contribution in [-0.4, -0.2) is 71.3 Å². The molecule has 1 saturated heterocycles. The van der Waals surface area contributed by atoms with Crippen molar-refractivity contribution in [2.24, 2.45) is 0 Å². The van der Waals surface area contributed by atoms with Crippen molar-refractivity contribution in [3.63, 3.8) is 0 Å². The lowest BCUT2D eigenvalue weighted by atomic mass is 9.95. The molecule has 0 unspecified atom stereocenters. The Kier molecular flexibility index (Phi) is 7.23. The number of halogens is 1. The summed E-state index contributed by atoms with van der Waals surface area (Å²) in [5, 5.41) is 7.88. The second kappa shape index (κ2) is 10.1. The van der Waals surface area contributed by atoms with Crippen LogP contribution >= 0.6 is 15.9 Å². The topological polar surface area (TPSA) is 53.4 Å². The summed E-state index contributed by atoms with van der Waals surface area (Å²) in [6.07, 6.45) is 5.17. The average Bonchev–Trinajstić information content (AvgIpc) is 3.17. The van der Waals surface area contributed by atoms with E-state index in [4.69, 9.17) is 5.10 Å². The van der Waals surface area contributed by atoms with Crippen LogP contribution in [0.25, 0.3) is 5.69 Å². The van der Waals surface area contributed by atoms with E-state index in [2.05, 4.69) is 44.0 Å². The maximum Gasteiger partial charge on any atom is 0.272 e. The molecule has 4 rings (SSSR count). The smallest absolute Gasteiger partial charge is 0.272 e. The second-order valence-corrected chi connectivity index (χ2v) is 9.17. The third-order valence-corrected chi connectivity index (χ3v) is 6.79. The predicted octanol–water partition coefficient (Wildman–Crippen LogP) is 3.27. The lowest BCUT2D eigenvalue weighted by molar-refractivity contribution is 0.0942. The summed E-state index contributed by atoms with van der Waals surface area (Å²) < 4.78 is 2.99. The molecule has 0 radical (unpaired) electrons. The molecule has 1 aromatic heterocycles. The number of hydrogen-bond acceptors (Lipinski definition) is 4. The van der Waals surface area contributed by atoms with E-state index in [0.29, 0.717) is 12.2 Å². The molecule has 162 valence electrons. The molecule has 0 atom stereocenters. The summed E-state index contributed by atoms with van der Waals surface area (Å²) in [5.41, 5.74) is 3.95. The molecular weight excluding hydrogens is 442 g/mol. The number of benzene rings is 1. The van der Waals surface area contributed by atoms with E-state index in [1.807, 2.05) is 22.9 Å². The van der Waals surface area contributed by atoms with Crippen molar-refractivity contribution in [1.82, 2.24) is 24.9 Å². The molecule has 2 heterocycles. The molecule has 0 saturated carbocycles. The van der Waals surface area contributed by atoms with E-state index < -0.39 is 0 Å². The largest absolute Gasteiger partial charge is 0.351 e. The van der Waals surface area contributed by atoms with Crippen LogP contribution in [0.15, 0.2) is 28.7 Å². The number of nitrogens with zero attached hydrogens (tertiary/aromatic N) is 4. The van der Waals surface area contributed by atoms with Gasteiger partial charge in [-0.1, -0.05) is 28.9 Å². The minimum Gasteiger partial charge on any atom is -0.351 e. The third-order valence-electron chi connectivity index (χ3n) is 6.30. The van der Waals surface area contributed by atoms with Gasteiger partial charge in [0.15, 0.2) is 5.69 Å². The van der Waals surface area contributed by atoms with E-state index in [1.165, 1.54) is 5.69 Å². The molecule has 1 aliphatic carbocycles. The van der Waals surface area contributed by atoms with Crippen LogP contribution in [0, 0.1) is 0 Å². The zero-order chi connectivity index (χ0) is 20.9. The Hall–Kier alpha value is -1.70. The standard InChI is InChI=1S/C23H32BrN5O/c1-2-27-13-15-28(16-14-27)12-6-11-25-23(30)22-20-9-3-4-10-21(20)29(26-22)19-8-5-7-18(24)17-19/h5,7-8,17H,2-4,6,9-16H2,1H3,(H,25,30). The number of likely N-dealkylation sites (N-methyl/N-ethyl adjacent to an activating group) is 1. The molecule has 1 fully saturated rings. The van der Waals surface area contributed by atoms with Gasteiger partial charge < -0.3 is 15.1 Å². The zero-order valence-electron chi connectivity index (χ0n) is 17.9. The fourth-order valence-corrected chi connectivity index (χ4v) is 4.91. The van der Waals surface area contributed by atoms with Crippen molar-refractivity contribution in [3.8, 4) is 5.69 Å². The first-order valence-electron chi connectivity index (χ1n) is 11.3. The lowest BCUT2D eigenvalue weighted by Crippen LogP contribution is -2.46. The van der Waals surface area contributed by atoms with Gasteiger partial charge >= 0.3 is 0 Å². The van der Waals surface area contributed by atoms with Gasteiger partial charge in [-0.05, 0) is 63.4 Å². The van der Waals surface area contributed by atoms with Gasteiger partial charge in [0.2, 0.25) is 0 Å². The third kappa shape index (κ3) is 4.95. The first-order valence-corrected chi connectivity index (χ1v) is 12.0.